The van der Waals surface area contributed by atoms with E-state index in [4.69, 9.17) is 5.11 Å². The number of rotatable bonds is 5. The Morgan fingerprint density at radius 1 is 1.19 bits per heavy atom. The van der Waals surface area contributed by atoms with Crippen LogP contribution < -0.4 is 0 Å². The van der Waals surface area contributed by atoms with Crippen LogP contribution >= 0.6 is 0 Å². The smallest absolute Gasteiger partial charge is 0.331 e. The van der Waals surface area contributed by atoms with Gasteiger partial charge in [0, 0.05) is 24.2 Å². The number of nitrogens with zero attached hydrogens (tertiary/aromatic N) is 1. The number of carbonyl (C=O) groups is 2. The Kier molecular flexibility index (Phi) is 5.78. The zero-order valence-electron chi connectivity index (χ0n) is 10.7. The van der Waals surface area contributed by atoms with Crippen molar-refractivity contribution < 1.29 is 14.7 Å². The van der Waals surface area contributed by atoms with Crippen LogP contribution in [0.2, 0.25) is 0 Å². The Morgan fingerprint density at radius 3 is 2.00 bits per heavy atom. The molecule has 0 rings (SSSR count). The molecule has 0 aromatic heterocycles. The summed E-state index contributed by atoms with van der Waals surface area (Å²) in [6.07, 6.45) is 0. The van der Waals surface area contributed by atoms with Crippen molar-refractivity contribution in [2.75, 3.05) is 13.1 Å². The van der Waals surface area contributed by atoms with Crippen LogP contribution in [0.15, 0.2) is 11.1 Å². The normalized spacial score (nSPS) is 12.4. The summed E-state index contributed by atoms with van der Waals surface area (Å²) >= 11 is 0. The van der Waals surface area contributed by atoms with Gasteiger partial charge in [0.25, 0.3) is 0 Å². The molecule has 0 spiro atoms. The number of likely N-dealkylation sites (N-methyl/N-ethyl adjacent to an activating group) is 1. The highest BCUT2D eigenvalue weighted by Crippen LogP contribution is 2.09. The number of hydrogen-bond acceptors (Lipinski definition) is 2. The SMILES string of the molecule is CCN(CC(C)C)C(=O)C(C)=C(C)C(=O)O. The molecule has 0 atom stereocenters. The highest BCUT2D eigenvalue weighted by atomic mass is 16.4. The lowest BCUT2D eigenvalue weighted by atomic mass is 10.1. The first-order chi connectivity index (χ1) is 7.31. The molecule has 0 unspecified atom stereocenters. The predicted octanol–water partition coefficient (Wildman–Crippen LogP) is 1.91. The van der Waals surface area contributed by atoms with E-state index in [0.29, 0.717) is 24.6 Å². The van der Waals surface area contributed by atoms with E-state index in [2.05, 4.69) is 0 Å². The molecule has 4 nitrogen and oxygen atoms in total. The van der Waals surface area contributed by atoms with Gasteiger partial charge < -0.3 is 10.0 Å². The number of carboxylic acid groups (broad SMARTS) is 1. The summed E-state index contributed by atoms with van der Waals surface area (Å²) in [6.45, 7) is 10.2. The van der Waals surface area contributed by atoms with Crippen LogP contribution in [0.5, 0.6) is 0 Å². The van der Waals surface area contributed by atoms with Gasteiger partial charge in [0.2, 0.25) is 5.91 Å². The van der Waals surface area contributed by atoms with Crippen molar-refractivity contribution in [3.63, 3.8) is 0 Å². The summed E-state index contributed by atoms with van der Waals surface area (Å²) in [5, 5.41) is 8.81. The van der Waals surface area contributed by atoms with E-state index in [1.165, 1.54) is 6.92 Å². The van der Waals surface area contributed by atoms with Crippen LogP contribution in [0.25, 0.3) is 0 Å². The number of amides is 1. The molecule has 0 bridgehead atoms. The van der Waals surface area contributed by atoms with Crippen molar-refractivity contribution >= 4 is 11.9 Å². The molecule has 0 aliphatic carbocycles. The monoisotopic (exact) mass is 227 g/mol. The highest BCUT2D eigenvalue weighted by molar-refractivity contribution is 6.01. The van der Waals surface area contributed by atoms with Crippen molar-refractivity contribution in [2.45, 2.75) is 34.6 Å². The minimum Gasteiger partial charge on any atom is -0.478 e. The van der Waals surface area contributed by atoms with Gasteiger partial charge in [0.1, 0.15) is 0 Å². The molecule has 92 valence electrons. The number of hydrogen-bond donors (Lipinski definition) is 1. The zero-order chi connectivity index (χ0) is 12.9. The average Bonchev–Trinajstić information content (AvgIpc) is 2.22. The van der Waals surface area contributed by atoms with Gasteiger partial charge in [0.15, 0.2) is 0 Å². The van der Waals surface area contributed by atoms with Crippen LogP contribution in [0, 0.1) is 5.92 Å². The van der Waals surface area contributed by atoms with Gasteiger partial charge in [-0.1, -0.05) is 13.8 Å². The lowest BCUT2D eigenvalue weighted by molar-refractivity contribution is -0.134. The van der Waals surface area contributed by atoms with Crippen LogP contribution in [0.3, 0.4) is 0 Å². The molecule has 0 radical (unpaired) electrons. The van der Waals surface area contributed by atoms with Crippen LogP contribution in [0.1, 0.15) is 34.6 Å². The molecule has 0 aliphatic heterocycles. The molecule has 0 aliphatic rings. The van der Waals surface area contributed by atoms with Gasteiger partial charge in [0.05, 0.1) is 0 Å². The maximum absolute atomic E-state index is 12.0. The number of aliphatic carboxylic acids is 1. The molecule has 0 aromatic carbocycles. The second-order valence-electron chi connectivity index (χ2n) is 4.29. The van der Waals surface area contributed by atoms with Gasteiger partial charge in [-0.2, -0.15) is 0 Å². The third-order valence-electron chi connectivity index (χ3n) is 2.46. The first-order valence-electron chi connectivity index (χ1n) is 5.51. The average molecular weight is 227 g/mol. The Labute approximate surface area is 96.9 Å². The van der Waals surface area contributed by atoms with Crippen molar-refractivity contribution in [2.24, 2.45) is 5.92 Å². The summed E-state index contributed by atoms with van der Waals surface area (Å²) in [6, 6.07) is 0. The zero-order valence-corrected chi connectivity index (χ0v) is 10.7. The Balaban J connectivity index is 4.89. The van der Waals surface area contributed by atoms with Crippen molar-refractivity contribution in [3.05, 3.63) is 11.1 Å². The van der Waals surface area contributed by atoms with Gasteiger partial charge >= 0.3 is 5.97 Å². The molecule has 0 aromatic rings. The van der Waals surface area contributed by atoms with Crippen LogP contribution in [0.4, 0.5) is 0 Å². The van der Waals surface area contributed by atoms with Crippen molar-refractivity contribution in [1.29, 1.82) is 0 Å². The van der Waals surface area contributed by atoms with Crippen molar-refractivity contribution in [3.8, 4) is 0 Å². The summed E-state index contributed by atoms with van der Waals surface area (Å²) in [7, 11) is 0. The van der Waals surface area contributed by atoms with Crippen LogP contribution in [-0.4, -0.2) is 35.0 Å². The minimum absolute atomic E-state index is 0.118. The molecule has 1 N–H and O–H groups in total. The van der Waals surface area contributed by atoms with E-state index in [0.717, 1.165) is 0 Å². The van der Waals surface area contributed by atoms with Gasteiger partial charge in [-0.05, 0) is 26.7 Å². The topological polar surface area (TPSA) is 57.6 Å². The Bertz CT molecular complexity index is 305. The molecule has 0 saturated carbocycles. The fourth-order valence-corrected chi connectivity index (χ4v) is 1.35. The van der Waals surface area contributed by atoms with E-state index < -0.39 is 5.97 Å². The first kappa shape index (κ1) is 14.7. The number of carboxylic acids is 1. The Hall–Kier alpha value is -1.32. The molecule has 16 heavy (non-hydrogen) atoms. The van der Waals surface area contributed by atoms with E-state index in [9.17, 15) is 9.59 Å². The minimum atomic E-state index is -1.04. The predicted molar refractivity (Wildman–Crippen MR) is 63.1 cm³/mol. The first-order valence-corrected chi connectivity index (χ1v) is 5.51. The highest BCUT2D eigenvalue weighted by Gasteiger charge is 2.18. The maximum atomic E-state index is 12.0. The van der Waals surface area contributed by atoms with E-state index in [1.54, 1.807) is 11.8 Å². The molecule has 0 heterocycles. The van der Waals surface area contributed by atoms with Crippen LogP contribution in [-0.2, 0) is 9.59 Å². The third kappa shape index (κ3) is 4.04. The van der Waals surface area contributed by atoms with E-state index in [1.807, 2.05) is 20.8 Å². The molecular formula is C12H21NO3. The fraction of sp³-hybridized carbons (Fsp3) is 0.667. The summed E-state index contributed by atoms with van der Waals surface area (Å²) < 4.78 is 0. The molecular weight excluding hydrogens is 206 g/mol. The second kappa shape index (κ2) is 6.30. The molecule has 0 saturated heterocycles. The Morgan fingerprint density at radius 2 is 1.69 bits per heavy atom. The van der Waals surface area contributed by atoms with E-state index >= 15 is 0 Å². The standard InChI is InChI=1S/C12H21NO3/c1-6-13(7-8(2)3)11(14)9(4)10(5)12(15)16/h8H,6-7H2,1-5H3,(H,15,16). The molecule has 0 fully saturated rings. The lowest BCUT2D eigenvalue weighted by Gasteiger charge is -2.23. The quantitative estimate of drug-likeness (QED) is 0.730. The summed E-state index contributed by atoms with van der Waals surface area (Å²) in [5.74, 6) is -0.843. The maximum Gasteiger partial charge on any atom is 0.331 e. The molecule has 1 amide bonds. The van der Waals surface area contributed by atoms with Crippen molar-refractivity contribution in [1.82, 2.24) is 4.90 Å². The summed E-state index contributed by atoms with van der Waals surface area (Å²) in [4.78, 5) is 24.4. The van der Waals surface area contributed by atoms with E-state index in [-0.39, 0.29) is 11.5 Å². The largest absolute Gasteiger partial charge is 0.478 e. The summed E-state index contributed by atoms with van der Waals surface area (Å²) in [5.41, 5.74) is 0.433. The second-order valence-corrected chi connectivity index (χ2v) is 4.29. The third-order valence-corrected chi connectivity index (χ3v) is 2.46. The lowest BCUT2D eigenvalue weighted by Crippen LogP contribution is -2.35. The number of carbonyl (C=O) groups excluding carboxylic acids is 1. The fourth-order valence-electron chi connectivity index (χ4n) is 1.35. The van der Waals surface area contributed by atoms with Gasteiger partial charge in [-0.3, -0.25) is 4.79 Å². The molecule has 4 heteroatoms. The van der Waals surface area contributed by atoms with Gasteiger partial charge in [-0.15, -0.1) is 0 Å². The van der Waals surface area contributed by atoms with Gasteiger partial charge in [-0.25, -0.2) is 4.79 Å².